The fourth-order valence-electron chi connectivity index (χ4n) is 2.85. The standard InChI is InChI=1S/C17H24ClN3O3.ClH/c1-24-15-10-14(19)13(18)9-12(15)17(23)20-8-7-16(22)21-11-5-3-2-4-6-11;/h9-11H,2-8,19H2,1H3,(H,20,23)(H,21,22);1H. The van der Waals surface area contributed by atoms with E-state index >= 15 is 0 Å². The van der Waals surface area contributed by atoms with E-state index in [0.717, 1.165) is 12.8 Å². The van der Waals surface area contributed by atoms with Crippen molar-refractivity contribution in [2.75, 3.05) is 19.4 Å². The number of anilines is 1. The van der Waals surface area contributed by atoms with Crippen LogP contribution in [0.3, 0.4) is 0 Å². The molecular weight excluding hydrogens is 365 g/mol. The molecule has 2 amide bonds. The first-order valence-corrected chi connectivity index (χ1v) is 8.59. The van der Waals surface area contributed by atoms with Crippen LogP contribution in [0.1, 0.15) is 48.9 Å². The van der Waals surface area contributed by atoms with E-state index in [9.17, 15) is 9.59 Å². The van der Waals surface area contributed by atoms with Gasteiger partial charge in [0, 0.05) is 25.1 Å². The Morgan fingerprint density at radius 1 is 1.28 bits per heavy atom. The molecule has 1 aromatic rings. The lowest BCUT2D eigenvalue weighted by Crippen LogP contribution is -2.38. The number of benzene rings is 1. The molecule has 8 heteroatoms. The number of halogens is 2. The molecule has 1 fully saturated rings. The normalized spacial score (nSPS) is 14.3. The van der Waals surface area contributed by atoms with E-state index < -0.39 is 0 Å². The number of ether oxygens (including phenoxy) is 1. The molecule has 0 radical (unpaired) electrons. The molecule has 4 N–H and O–H groups in total. The van der Waals surface area contributed by atoms with Gasteiger partial charge in [0.1, 0.15) is 5.75 Å². The highest BCUT2D eigenvalue weighted by Crippen LogP contribution is 2.28. The summed E-state index contributed by atoms with van der Waals surface area (Å²) in [5.74, 6) is -0.0372. The Morgan fingerprint density at radius 3 is 2.60 bits per heavy atom. The van der Waals surface area contributed by atoms with Crippen molar-refractivity contribution in [3.63, 3.8) is 0 Å². The molecule has 0 saturated heterocycles. The van der Waals surface area contributed by atoms with Crippen LogP contribution in [0.25, 0.3) is 0 Å². The predicted octanol–water partition coefficient (Wildman–Crippen LogP) is 2.92. The number of nitrogens with two attached hydrogens (primary N) is 1. The molecule has 1 saturated carbocycles. The topological polar surface area (TPSA) is 93.4 Å². The average molecular weight is 390 g/mol. The van der Waals surface area contributed by atoms with Crippen LogP contribution in [0.5, 0.6) is 5.75 Å². The molecule has 6 nitrogen and oxygen atoms in total. The maximum Gasteiger partial charge on any atom is 0.255 e. The van der Waals surface area contributed by atoms with E-state index in [2.05, 4.69) is 10.6 Å². The summed E-state index contributed by atoms with van der Waals surface area (Å²) in [7, 11) is 1.46. The average Bonchev–Trinajstić information content (AvgIpc) is 2.57. The van der Waals surface area contributed by atoms with E-state index in [4.69, 9.17) is 22.1 Å². The number of carbonyl (C=O) groups is 2. The number of nitrogens with one attached hydrogen (secondary N) is 2. The summed E-state index contributed by atoms with van der Waals surface area (Å²) < 4.78 is 5.15. The molecule has 1 aliphatic carbocycles. The molecule has 0 bridgehead atoms. The van der Waals surface area contributed by atoms with Crippen molar-refractivity contribution in [3.05, 3.63) is 22.7 Å². The van der Waals surface area contributed by atoms with Gasteiger partial charge in [0.25, 0.3) is 5.91 Å². The predicted molar refractivity (Wildman–Crippen MR) is 102 cm³/mol. The molecule has 2 rings (SSSR count). The second kappa shape index (κ2) is 10.4. The molecule has 0 aromatic heterocycles. The van der Waals surface area contributed by atoms with Gasteiger partial charge < -0.3 is 21.1 Å². The van der Waals surface area contributed by atoms with E-state index in [1.54, 1.807) is 0 Å². The summed E-state index contributed by atoms with van der Waals surface area (Å²) in [5.41, 5.74) is 6.34. The van der Waals surface area contributed by atoms with Crippen LogP contribution in [0.4, 0.5) is 5.69 Å². The number of amides is 2. The molecule has 25 heavy (non-hydrogen) atoms. The van der Waals surface area contributed by atoms with Crippen molar-refractivity contribution in [1.29, 1.82) is 0 Å². The lowest BCUT2D eigenvalue weighted by atomic mass is 9.95. The third kappa shape index (κ3) is 6.29. The van der Waals surface area contributed by atoms with Crippen molar-refractivity contribution in [1.82, 2.24) is 10.6 Å². The number of rotatable bonds is 6. The molecule has 140 valence electrons. The first-order valence-electron chi connectivity index (χ1n) is 8.22. The quantitative estimate of drug-likeness (QED) is 0.651. The highest BCUT2D eigenvalue weighted by Gasteiger charge is 2.17. The summed E-state index contributed by atoms with van der Waals surface area (Å²) in [5, 5.41) is 6.02. The second-order valence-corrected chi connectivity index (χ2v) is 6.39. The third-order valence-electron chi connectivity index (χ3n) is 4.17. The van der Waals surface area contributed by atoms with Gasteiger partial charge >= 0.3 is 0 Å². The van der Waals surface area contributed by atoms with E-state index in [1.807, 2.05) is 0 Å². The number of hydrogen-bond donors (Lipinski definition) is 3. The Hall–Kier alpha value is -1.66. The van der Waals surface area contributed by atoms with Crippen LogP contribution < -0.4 is 21.1 Å². The van der Waals surface area contributed by atoms with Gasteiger partial charge in [-0.25, -0.2) is 0 Å². The first-order chi connectivity index (χ1) is 11.5. The Morgan fingerprint density at radius 2 is 1.96 bits per heavy atom. The van der Waals surface area contributed by atoms with Crippen LogP contribution in [-0.2, 0) is 4.79 Å². The number of hydrogen-bond acceptors (Lipinski definition) is 4. The Bertz CT molecular complexity index is 605. The molecule has 1 aromatic carbocycles. The van der Waals surface area contributed by atoms with Gasteiger partial charge in [0.15, 0.2) is 0 Å². The molecule has 0 atom stereocenters. The van der Waals surface area contributed by atoms with E-state index in [-0.39, 0.29) is 48.3 Å². The monoisotopic (exact) mass is 389 g/mol. The van der Waals surface area contributed by atoms with Crippen LogP contribution in [0.2, 0.25) is 5.02 Å². The molecular formula is C17H25Cl2N3O3. The van der Waals surface area contributed by atoms with Crippen LogP contribution >= 0.6 is 24.0 Å². The molecule has 0 aliphatic heterocycles. The van der Waals surface area contributed by atoms with Crippen LogP contribution in [-0.4, -0.2) is 31.5 Å². The van der Waals surface area contributed by atoms with Crippen molar-refractivity contribution in [2.24, 2.45) is 0 Å². The van der Waals surface area contributed by atoms with Crippen molar-refractivity contribution in [3.8, 4) is 5.75 Å². The van der Waals surface area contributed by atoms with Gasteiger partial charge in [0.05, 0.1) is 23.4 Å². The summed E-state index contributed by atoms with van der Waals surface area (Å²) in [6.07, 6.45) is 5.90. The zero-order chi connectivity index (χ0) is 17.5. The SMILES string of the molecule is COc1cc(N)c(Cl)cc1C(=O)NCCC(=O)NC1CCCCC1.Cl. The maximum atomic E-state index is 12.2. The minimum atomic E-state index is -0.348. The number of methoxy groups -OCH3 is 1. The minimum Gasteiger partial charge on any atom is -0.496 e. The highest BCUT2D eigenvalue weighted by atomic mass is 35.5. The fourth-order valence-corrected chi connectivity index (χ4v) is 3.01. The van der Waals surface area contributed by atoms with Crippen LogP contribution in [0.15, 0.2) is 12.1 Å². The zero-order valence-corrected chi connectivity index (χ0v) is 15.8. The van der Waals surface area contributed by atoms with Crippen molar-refractivity contribution in [2.45, 2.75) is 44.6 Å². The van der Waals surface area contributed by atoms with Crippen molar-refractivity contribution >= 4 is 41.5 Å². The number of carbonyl (C=O) groups excluding carboxylic acids is 2. The van der Waals surface area contributed by atoms with Gasteiger partial charge in [-0.3, -0.25) is 9.59 Å². The minimum absolute atomic E-state index is 0. The summed E-state index contributed by atoms with van der Waals surface area (Å²) in [6, 6.07) is 3.25. The van der Waals surface area contributed by atoms with Crippen LogP contribution in [0, 0.1) is 0 Å². The highest BCUT2D eigenvalue weighted by molar-refractivity contribution is 6.33. The van der Waals surface area contributed by atoms with Gasteiger partial charge in [-0.05, 0) is 18.9 Å². The lowest BCUT2D eigenvalue weighted by molar-refractivity contribution is -0.121. The van der Waals surface area contributed by atoms with Gasteiger partial charge in [-0.1, -0.05) is 30.9 Å². The largest absolute Gasteiger partial charge is 0.496 e. The second-order valence-electron chi connectivity index (χ2n) is 5.98. The Balaban J connectivity index is 0.00000312. The molecule has 0 unspecified atom stereocenters. The van der Waals surface area contributed by atoms with E-state index in [0.29, 0.717) is 17.0 Å². The van der Waals surface area contributed by atoms with Gasteiger partial charge in [-0.15, -0.1) is 12.4 Å². The lowest BCUT2D eigenvalue weighted by Gasteiger charge is -2.22. The summed E-state index contributed by atoms with van der Waals surface area (Å²) >= 11 is 5.96. The third-order valence-corrected chi connectivity index (χ3v) is 4.50. The molecule has 0 spiro atoms. The van der Waals surface area contributed by atoms with Gasteiger partial charge in [0.2, 0.25) is 5.91 Å². The first kappa shape index (κ1) is 21.4. The fraction of sp³-hybridized carbons (Fsp3) is 0.529. The number of nitrogen functional groups attached to an aromatic ring is 1. The smallest absolute Gasteiger partial charge is 0.255 e. The summed E-state index contributed by atoms with van der Waals surface area (Å²) in [6.45, 7) is 0.253. The summed E-state index contributed by atoms with van der Waals surface area (Å²) in [4.78, 5) is 24.2. The Kier molecular flexibility index (Phi) is 8.86. The zero-order valence-electron chi connectivity index (χ0n) is 14.3. The van der Waals surface area contributed by atoms with E-state index in [1.165, 1.54) is 38.5 Å². The molecule has 1 aliphatic rings. The van der Waals surface area contributed by atoms with Crippen molar-refractivity contribution < 1.29 is 14.3 Å². The maximum absolute atomic E-state index is 12.2. The molecule has 0 heterocycles. The van der Waals surface area contributed by atoms with Gasteiger partial charge in [-0.2, -0.15) is 0 Å². The Labute approximate surface area is 159 Å².